The van der Waals surface area contributed by atoms with Gasteiger partial charge in [0.15, 0.2) is 0 Å². The number of carboxylic acid groups (broad SMARTS) is 1. The fraction of sp³-hybridized carbons (Fsp3) is 0.722. The van der Waals surface area contributed by atoms with Gasteiger partial charge in [0.05, 0.1) is 12.3 Å². The molecule has 1 N–H and O–H groups in total. The fourth-order valence-corrected chi connectivity index (χ4v) is 2.56. The lowest BCUT2D eigenvalue weighted by Gasteiger charge is -2.30. The second kappa shape index (κ2) is 7.36. The van der Waals surface area contributed by atoms with Crippen molar-refractivity contribution in [1.29, 1.82) is 0 Å². The lowest BCUT2D eigenvalue weighted by molar-refractivity contribution is -0.161. The molecule has 6 heteroatoms. The zero-order chi connectivity index (χ0) is 18.7. The van der Waals surface area contributed by atoms with Gasteiger partial charge in [-0.1, -0.05) is 6.08 Å². The predicted octanol–water partition coefficient (Wildman–Crippen LogP) is 3.10. The number of rotatable bonds is 4. The van der Waals surface area contributed by atoms with Crippen LogP contribution in [0.25, 0.3) is 0 Å². The SMILES string of the molecule is CC(C)(C)OC(=O)C1=CC(CC(=O)O)CC(C(=O)OC(C)(C)C)C1. The van der Waals surface area contributed by atoms with E-state index in [9.17, 15) is 14.4 Å². The third-order valence-electron chi connectivity index (χ3n) is 3.33. The van der Waals surface area contributed by atoms with Crippen LogP contribution in [-0.4, -0.2) is 34.2 Å². The molecule has 0 radical (unpaired) electrons. The van der Waals surface area contributed by atoms with E-state index < -0.39 is 40.9 Å². The standard InChI is InChI=1S/C18H28O6/c1-17(2,3)23-15(21)12-7-11(9-14(19)20)8-13(10-12)16(22)24-18(4,5)6/h7,11,13H,8-10H2,1-6H3,(H,19,20). The molecule has 24 heavy (non-hydrogen) atoms. The molecular formula is C18H28O6. The number of carbonyl (C=O) groups is 3. The smallest absolute Gasteiger partial charge is 0.334 e. The summed E-state index contributed by atoms with van der Waals surface area (Å²) in [5.41, 5.74) is -0.940. The van der Waals surface area contributed by atoms with Crippen molar-refractivity contribution in [1.82, 2.24) is 0 Å². The van der Waals surface area contributed by atoms with E-state index in [0.717, 1.165) is 0 Å². The summed E-state index contributed by atoms with van der Waals surface area (Å²) in [7, 11) is 0. The van der Waals surface area contributed by atoms with E-state index in [4.69, 9.17) is 14.6 Å². The van der Waals surface area contributed by atoms with Gasteiger partial charge in [0.25, 0.3) is 0 Å². The summed E-state index contributed by atoms with van der Waals surface area (Å²) in [6.07, 6.45) is 2.06. The summed E-state index contributed by atoms with van der Waals surface area (Å²) in [6, 6.07) is 0. The van der Waals surface area contributed by atoms with Crippen molar-refractivity contribution in [2.45, 2.75) is 72.0 Å². The fourth-order valence-electron chi connectivity index (χ4n) is 2.56. The number of allylic oxidation sites excluding steroid dienone is 1. The number of hydrogen-bond donors (Lipinski definition) is 1. The quantitative estimate of drug-likeness (QED) is 0.791. The van der Waals surface area contributed by atoms with Crippen LogP contribution >= 0.6 is 0 Å². The zero-order valence-electron chi connectivity index (χ0n) is 15.3. The van der Waals surface area contributed by atoms with E-state index in [2.05, 4.69) is 0 Å². The van der Waals surface area contributed by atoms with E-state index in [-0.39, 0.29) is 12.8 Å². The number of carbonyl (C=O) groups excluding carboxylic acids is 2. The van der Waals surface area contributed by atoms with Crippen LogP contribution in [0.1, 0.15) is 60.8 Å². The summed E-state index contributed by atoms with van der Waals surface area (Å²) < 4.78 is 10.7. The van der Waals surface area contributed by atoms with Gasteiger partial charge in [-0.25, -0.2) is 4.79 Å². The van der Waals surface area contributed by atoms with Crippen molar-refractivity contribution >= 4 is 17.9 Å². The van der Waals surface area contributed by atoms with Gasteiger partial charge in [0.1, 0.15) is 11.2 Å². The lowest BCUT2D eigenvalue weighted by Crippen LogP contribution is -2.34. The molecule has 0 amide bonds. The minimum Gasteiger partial charge on any atom is -0.481 e. The van der Waals surface area contributed by atoms with Crippen LogP contribution in [0.15, 0.2) is 11.6 Å². The molecule has 2 atom stereocenters. The van der Waals surface area contributed by atoms with Gasteiger partial charge >= 0.3 is 17.9 Å². The molecule has 0 aromatic carbocycles. The maximum Gasteiger partial charge on any atom is 0.334 e. The molecular weight excluding hydrogens is 312 g/mol. The van der Waals surface area contributed by atoms with Gasteiger partial charge in [0, 0.05) is 5.57 Å². The lowest BCUT2D eigenvalue weighted by atomic mass is 9.80. The van der Waals surface area contributed by atoms with E-state index in [1.54, 1.807) is 47.6 Å². The maximum atomic E-state index is 12.3. The summed E-state index contributed by atoms with van der Waals surface area (Å²) in [6.45, 7) is 10.6. The summed E-state index contributed by atoms with van der Waals surface area (Å²) in [4.78, 5) is 35.7. The highest BCUT2D eigenvalue weighted by atomic mass is 16.6. The Labute approximate surface area is 143 Å². The Kier molecular flexibility index (Phi) is 6.20. The molecule has 2 unspecified atom stereocenters. The number of esters is 2. The third kappa shape index (κ3) is 7.15. The van der Waals surface area contributed by atoms with Crippen molar-refractivity contribution in [3.8, 4) is 0 Å². The Hall–Kier alpha value is -1.85. The largest absolute Gasteiger partial charge is 0.481 e. The molecule has 1 rings (SSSR count). The molecule has 0 aromatic rings. The van der Waals surface area contributed by atoms with Crippen molar-refractivity contribution in [2.24, 2.45) is 11.8 Å². The average Bonchev–Trinajstić information content (AvgIpc) is 2.33. The maximum absolute atomic E-state index is 12.3. The Bertz CT molecular complexity index is 533. The molecule has 0 saturated carbocycles. The Balaban J connectivity index is 2.96. The molecule has 0 heterocycles. The van der Waals surface area contributed by atoms with Crippen molar-refractivity contribution in [3.05, 3.63) is 11.6 Å². The zero-order valence-corrected chi connectivity index (χ0v) is 15.3. The highest BCUT2D eigenvalue weighted by molar-refractivity contribution is 5.90. The molecule has 0 aromatic heterocycles. The molecule has 0 fully saturated rings. The summed E-state index contributed by atoms with van der Waals surface area (Å²) >= 11 is 0. The van der Waals surface area contributed by atoms with Gasteiger partial charge in [-0.15, -0.1) is 0 Å². The number of aliphatic carboxylic acids is 1. The molecule has 6 nitrogen and oxygen atoms in total. The first-order valence-corrected chi connectivity index (χ1v) is 8.15. The van der Waals surface area contributed by atoms with Crippen LogP contribution in [0.5, 0.6) is 0 Å². The van der Waals surface area contributed by atoms with E-state index >= 15 is 0 Å². The Morgan fingerprint density at radius 3 is 2.08 bits per heavy atom. The topological polar surface area (TPSA) is 89.9 Å². The monoisotopic (exact) mass is 340 g/mol. The number of ether oxygens (including phenoxy) is 2. The number of carboxylic acids is 1. The molecule has 0 bridgehead atoms. The van der Waals surface area contributed by atoms with E-state index in [1.165, 1.54) is 0 Å². The van der Waals surface area contributed by atoms with Crippen LogP contribution in [0.3, 0.4) is 0 Å². The normalized spacial score (nSPS) is 21.7. The van der Waals surface area contributed by atoms with Crippen LogP contribution in [0, 0.1) is 11.8 Å². The van der Waals surface area contributed by atoms with Crippen LogP contribution in [0.4, 0.5) is 0 Å². The second-order valence-electron chi connectivity index (χ2n) is 8.22. The minimum atomic E-state index is -0.968. The highest BCUT2D eigenvalue weighted by Gasteiger charge is 2.35. The molecule has 0 aliphatic heterocycles. The van der Waals surface area contributed by atoms with Gasteiger partial charge in [-0.05, 0) is 60.3 Å². The van der Waals surface area contributed by atoms with Gasteiger partial charge in [-0.3, -0.25) is 9.59 Å². The Morgan fingerprint density at radius 1 is 1.08 bits per heavy atom. The highest BCUT2D eigenvalue weighted by Crippen LogP contribution is 2.33. The predicted molar refractivity (Wildman–Crippen MR) is 88.2 cm³/mol. The van der Waals surface area contributed by atoms with Crippen molar-refractivity contribution in [3.63, 3.8) is 0 Å². The second-order valence-corrected chi connectivity index (χ2v) is 8.22. The molecule has 1 aliphatic carbocycles. The van der Waals surface area contributed by atoms with E-state index in [0.29, 0.717) is 12.0 Å². The Morgan fingerprint density at radius 2 is 1.62 bits per heavy atom. The van der Waals surface area contributed by atoms with Gasteiger partial charge < -0.3 is 14.6 Å². The summed E-state index contributed by atoms with van der Waals surface area (Å²) in [5, 5.41) is 9.03. The average molecular weight is 340 g/mol. The minimum absolute atomic E-state index is 0.133. The molecule has 136 valence electrons. The third-order valence-corrected chi connectivity index (χ3v) is 3.33. The van der Waals surface area contributed by atoms with Crippen molar-refractivity contribution in [2.75, 3.05) is 0 Å². The van der Waals surface area contributed by atoms with Crippen LogP contribution < -0.4 is 0 Å². The first-order valence-electron chi connectivity index (χ1n) is 8.15. The molecule has 0 saturated heterocycles. The van der Waals surface area contributed by atoms with Crippen LogP contribution in [-0.2, 0) is 23.9 Å². The van der Waals surface area contributed by atoms with Gasteiger partial charge in [0.2, 0.25) is 0 Å². The molecule has 1 aliphatic rings. The molecule has 0 spiro atoms. The summed E-state index contributed by atoms with van der Waals surface area (Å²) in [5.74, 6) is -2.82. The van der Waals surface area contributed by atoms with E-state index in [1.807, 2.05) is 0 Å². The van der Waals surface area contributed by atoms with Crippen molar-refractivity contribution < 1.29 is 29.0 Å². The first-order chi connectivity index (χ1) is 10.8. The van der Waals surface area contributed by atoms with Crippen LogP contribution in [0.2, 0.25) is 0 Å². The van der Waals surface area contributed by atoms with Gasteiger partial charge in [-0.2, -0.15) is 0 Å². The first kappa shape index (κ1) is 20.2. The number of hydrogen-bond acceptors (Lipinski definition) is 5.